The molecule has 0 bridgehead atoms. The van der Waals surface area contributed by atoms with Gasteiger partial charge in [-0.1, -0.05) is 12.1 Å². The highest BCUT2D eigenvalue weighted by Gasteiger charge is 2.28. The van der Waals surface area contributed by atoms with Crippen molar-refractivity contribution in [1.29, 1.82) is 0 Å². The minimum atomic E-state index is -0.533. The Bertz CT molecular complexity index is 1230. The number of nitrogens with zero attached hydrogens (tertiary/aromatic N) is 3. The molecular formula is C22H19N5O5. The van der Waals surface area contributed by atoms with E-state index in [4.69, 9.17) is 4.42 Å². The van der Waals surface area contributed by atoms with Gasteiger partial charge < -0.3 is 9.73 Å². The molecule has 0 saturated carbocycles. The van der Waals surface area contributed by atoms with E-state index in [9.17, 15) is 19.7 Å². The Hall–Kier alpha value is -4.34. The van der Waals surface area contributed by atoms with Crippen molar-refractivity contribution in [2.24, 2.45) is 5.10 Å². The lowest BCUT2D eigenvalue weighted by Crippen LogP contribution is -2.22. The van der Waals surface area contributed by atoms with Crippen LogP contribution >= 0.6 is 0 Å². The zero-order valence-corrected chi connectivity index (χ0v) is 17.1. The first-order valence-corrected chi connectivity index (χ1v) is 9.90. The van der Waals surface area contributed by atoms with Crippen molar-refractivity contribution in [2.75, 3.05) is 5.32 Å². The average Bonchev–Trinajstić information content (AvgIpc) is 3.15. The first-order valence-electron chi connectivity index (χ1n) is 9.90. The molecule has 162 valence electrons. The summed E-state index contributed by atoms with van der Waals surface area (Å²) < 4.78 is 5.82. The summed E-state index contributed by atoms with van der Waals surface area (Å²) in [6.45, 7) is 1.74. The molecule has 2 heterocycles. The summed E-state index contributed by atoms with van der Waals surface area (Å²) in [7, 11) is 0. The van der Waals surface area contributed by atoms with Gasteiger partial charge in [-0.05, 0) is 38.0 Å². The van der Waals surface area contributed by atoms with Crippen LogP contribution in [-0.4, -0.2) is 27.4 Å². The molecule has 2 amide bonds. The number of carbonyl (C=O) groups excluding carboxylic acids is 2. The first-order chi connectivity index (χ1) is 15.4. The van der Waals surface area contributed by atoms with E-state index in [1.165, 1.54) is 24.4 Å². The highest BCUT2D eigenvalue weighted by molar-refractivity contribution is 6.09. The number of benzene rings is 1. The van der Waals surface area contributed by atoms with Gasteiger partial charge in [-0.3, -0.25) is 24.7 Å². The summed E-state index contributed by atoms with van der Waals surface area (Å²) in [6, 6.07) is 10.7. The van der Waals surface area contributed by atoms with E-state index in [1.54, 1.807) is 31.2 Å². The maximum Gasteiger partial charge on any atom is 0.291 e. The number of nitro benzene ring substituents is 1. The van der Waals surface area contributed by atoms with Crippen LogP contribution in [0, 0.1) is 17.0 Å². The van der Waals surface area contributed by atoms with Crippen molar-refractivity contribution < 1.29 is 18.9 Å². The summed E-state index contributed by atoms with van der Waals surface area (Å²) >= 11 is 0. The fourth-order valence-electron chi connectivity index (χ4n) is 3.55. The maximum absolute atomic E-state index is 12.8. The van der Waals surface area contributed by atoms with Crippen molar-refractivity contribution in [3.8, 4) is 0 Å². The van der Waals surface area contributed by atoms with Gasteiger partial charge in [0.05, 0.1) is 10.6 Å². The normalized spacial score (nSPS) is 14.0. The van der Waals surface area contributed by atoms with E-state index in [1.807, 2.05) is 0 Å². The Morgan fingerprint density at radius 1 is 1.16 bits per heavy atom. The number of nitro groups is 1. The number of carbonyl (C=O) groups is 2. The van der Waals surface area contributed by atoms with E-state index < -0.39 is 16.7 Å². The number of aromatic nitrogens is 1. The van der Waals surface area contributed by atoms with Crippen molar-refractivity contribution in [3.63, 3.8) is 0 Å². The lowest BCUT2D eigenvalue weighted by molar-refractivity contribution is -0.384. The molecule has 32 heavy (non-hydrogen) atoms. The van der Waals surface area contributed by atoms with E-state index in [2.05, 4.69) is 20.8 Å². The van der Waals surface area contributed by atoms with Gasteiger partial charge in [0.2, 0.25) is 0 Å². The lowest BCUT2D eigenvalue weighted by Gasteiger charge is -2.13. The van der Waals surface area contributed by atoms with Gasteiger partial charge >= 0.3 is 0 Å². The van der Waals surface area contributed by atoms with Crippen molar-refractivity contribution in [3.05, 3.63) is 87.1 Å². The van der Waals surface area contributed by atoms with Crippen molar-refractivity contribution in [2.45, 2.75) is 26.2 Å². The van der Waals surface area contributed by atoms with Crippen molar-refractivity contribution in [1.82, 2.24) is 10.4 Å². The van der Waals surface area contributed by atoms with Crippen LogP contribution in [0.4, 0.5) is 11.4 Å². The van der Waals surface area contributed by atoms with Gasteiger partial charge in [-0.15, -0.1) is 0 Å². The van der Waals surface area contributed by atoms with Crippen LogP contribution in [-0.2, 0) is 6.42 Å². The number of amides is 2. The van der Waals surface area contributed by atoms with Gasteiger partial charge in [0.25, 0.3) is 17.5 Å². The molecule has 2 aromatic heterocycles. The molecule has 3 aromatic rings. The van der Waals surface area contributed by atoms with Gasteiger partial charge in [-0.2, -0.15) is 5.10 Å². The SMILES string of the molecule is Cc1c(C(=O)Nc2cccc([N+](=O)[O-])c2)oc2c1/C(=N/NC(=O)c1ccccn1)CCC2. The van der Waals surface area contributed by atoms with E-state index >= 15 is 0 Å². The van der Waals surface area contributed by atoms with Crippen LogP contribution < -0.4 is 10.7 Å². The molecule has 0 aliphatic heterocycles. The molecule has 1 aliphatic rings. The molecule has 0 unspecified atom stereocenters. The topological polar surface area (TPSA) is 140 Å². The third kappa shape index (κ3) is 4.24. The molecule has 4 rings (SSSR count). The second-order valence-corrected chi connectivity index (χ2v) is 7.18. The molecule has 1 aliphatic carbocycles. The Balaban J connectivity index is 1.56. The zero-order chi connectivity index (χ0) is 22.7. The summed E-state index contributed by atoms with van der Waals surface area (Å²) in [4.78, 5) is 39.5. The quantitative estimate of drug-likeness (QED) is 0.465. The summed E-state index contributed by atoms with van der Waals surface area (Å²) in [5.74, 6) is -0.236. The fraction of sp³-hybridized carbons (Fsp3) is 0.182. The fourth-order valence-corrected chi connectivity index (χ4v) is 3.55. The van der Waals surface area contributed by atoms with Crippen LogP contribution in [0.5, 0.6) is 0 Å². The number of hydrogen-bond acceptors (Lipinski definition) is 7. The van der Waals surface area contributed by atoms with Crippen LogP contribution in [0.2, 0.25) is 0 Å². The molecule has 10 heteroatoms. The van der Waals surface area contributed by atoms with Crippen LogP contribution in [0.25, 0.3) is 0 Å². The average molecular weight is 433 g/mol. The maximum atomic E-state index is 12.8. The monoisotopic (exact) mass is 433 g/mol. The number of hydrogen-bond donors (Lipinski definition) is 2. The molecule has 0 radical (unpaired) electrons. The number of fused-ring (bicyclic) bond motifs is 1. The van der Waals surface area contributed by atoms with Crippen LogP contribution in [0.3, 0.4) is 0 Å². The molecule has 0 spiro atoms. The lowest BCUT2D eigenvalue weighted by atomic mass is 9.93. The molecular weight excluding hydrogens is 414 g/mol. The number of nitrogens with one attached hydrogen (secondary N) is 2. The molecule has 0 fully saturated rings. The first kappa shape index (κ1) is 20.9. The molecule has 0 atom stereocenters. The van der Waals surface area contributed by atoms with E-state index in [0.717, 1.165) is 6.42 Å². The molecule has 2 N–H and O–H groups in total. The third-order valence-corrected chi connectivity index (χ3v) is 5.04. The largest absolute Gasteiger partial charge is 0.455 e. The highest BCUT2D eigenvalue weighted by Crippen LogP contribution is 2.30. The molecule has 10 nitrogen and oxygen atoms in total. The van der Waals surface area contributed by atoms with Gasteiger partial charge in [0.1, 0.15) is 11.5 Å². The standard InChI is InChI=1S/C22H19N5O5/c1-13-19-16(25-26-21(28)17-8-2-3-11-23-17)9-5-10-18(19)32-20(13)22(29)24-14-6-4-7-15(12-14)27(30)31/h2-4,6-8,11-12H,5,9-10H2,1H3,(H,24,29)(H,26,28)/b25-16+. The number of furan rings is 1. The summed E-state index contributed by atoms with van der Waals surface area (Å²) in [5.41, 5.74) is 4.82. The number of pyridine rings is 1. The number of hydrazone groups is 1. The van der Waals surface area contributed by atoms with E-state index in [0.29, 0.717) is 35.4 Å². The van der Waals surface area contributed by atoms with Gasteiger partial charge in [0.15, 0.2) is 5.76 Å². The Kier molecular flexibility index (Phi) is 5.75. The van der Waals surface area contributed by atoms with Crippen LogP contribution in [0.15, 0.2) is 58.2 Å². The second kappa shape index (κ2) is 8.80. The minimum absolute atomic E-state index is 0.104. The van der Waals surface area contributed by atoms with E-state index in [-0.39, 0.29) is 22.8 Å². The number of rotatable bonds is 5. The van der Waals surface area contributed by atoms with Gasteiger partial charge in [-0.25, -0.2) is 5.43 Å². The number of non-ortho nitro benzene ring substituents is 1. The minimum Gasteiger partial charge on any atom is -0.455 e. The number of aryl methyl sites for hydroxylation is 1. The molecule has 1 aromatic carbocycles. The summed E-state index contributed by atoms with van der Waals surface area (Å²) in [5, 5.41) is 17.9. The smallest absolute Gasteiger partial charge is 0.291 e. The van der Waals surface area contributed by atoms with Gasteiger partial charge in [0, 0.05) is 41.6 Å². The Morgan fingerprint density at radius 3 is 2.75 bits per heavy atom. The third-order valence-electron chi connectivity index (χ3n) is 5.04. The second-order valence-electron chi connectivity index (χ2n) is 7.18. The van der Waals surface area contributed by atoms with Crippen LogP contribution in [0.1, 0.15) is 50.8 Å². The Morgan fingerprint density at radius 2 is 2.00 bits per heavy atom. The zero-order valence-electron chi connectivity index (χ0n) is 17.1. The summed E-state index contributed by atoms with van der Waals surface area (Å²) in [6.07, 6.45) is 3.52. The predicted molar refractivity (Wildman–Crippen MR) is 116 cm³/mol. The Labute approximate surface area is 182 Å². The van der Waals surface area contributed by atoms with Crippen molar-refractivity contribution >= 4 is 28.9 Å². The highest BCUT2D eigenvalue weighted by atomic mass is 16.6. The predicted octanol–water partition coefficient (Wildman–Crippen LogP) is 3.61. The number of anilines is 1. The molecule has 0 saturated heterocycles.